The van der Waals surface area contributed by atoms with E-state index in [9.17, 15) is 10.1 Å². The molecule has 2 aliphatic rings. The predicted octanol–water partition coefficient (Wildman–Crippen LogP) is 4.80. The Morgan fingerprint density at radius 2 is 1.73 bits per heavy atom. The van der Waals surface area contributed by atoms with Gasteiger partial charge in [0.2, 0.25) is 5.91 Å². The Labute approximate surface area is 199 Å². The Morgan fingerprint density at radius 1 is 0.970 bits per heavy atom. The van der Waals surface area contributed by atoms with Crippen LogP contribution < -0.4 is 5.32 Å². The minimum Gasteiger partial charge on any atom is -0.315 e. The molecule has 6 heteroatoms. The van der Waals surface area contributed by atoms with Crippen molar-refractivity contribution in [3.63, 3.8) is 0 Å². The average Bonchev–Trinajstić information content (AvgIpc) is 2.99. The van der Waals surface area contributed by atoms with Gasteiger partial charge >= 0.3 is 0 Å². The maximum absolute atomic E-state index is 12.8. The fourth-order valence-corrected chi connectivity index (χ4v) is 6.35. The Morgan fingerprint density at radius 3 is 2.58 bits per heavy atom. The zero-order chi connectivity index (χ0) is 22.6. The number of aryl methyl sites for hydroxylation is 1. The van der Waals surface area contributed by atoms with Gasteiger partial charge in [-0.3, -0.25) is 14.6 Å². The Kier molecular flexibility index (Phi) is 6.73. The van der Waals surface area contributed by atoms with Crippen molar-refractivity contribution < 1.29 is 4.79 Å². The highest BCUT2D eigenvalue weighted by molar-refractivity contribution is 7.16. The molecule has 1 amide bonds. The molecular formula is C27H30N4OS. The van der Waals surface area contributed by atoms with Gasteiger partial charge in [0.1, 0.15) is 11.1 Å². The van der Waals surface area contributed by atoms with E-state index in [1.807, 2.05) is 0 Å². The summed E-state index contributed by atoms with van der Waals surface area (Å²) in [6.07, 6.45) is 5.52. The number of nitrogens with zero attached hydrogens (tertiary/aromatic N) is 3. The highest BCUT2D eigenvalue weighted by Gasteiger charge is 2.23. The van der Waals surface area contributed by atoms with E-state index in [2.05, 4.69) is 63.7 Å². The monoisotopic (exact) mass is 458 g/mol. The molecule has 1 aliphatic carbocycles. The van der Waals surface area contributed by atoms with Gasteiger partial charge in [-0.1, -0.05) is 48.9 Å². The number of anilines is 1. The first-order chi connectivity index (χ1) is 16.2. The van der Waals surface area contributed by atoms with Crippen LogP contribution in [0.2, 0.25) is 0 Å². The van der Waals surface area contributed by atoms with Crippen LogP contribution in [-0.4, -0.2) is 48.4 Å². The van der Waals surface area contributed by atoms with Gasteiger partial charge in [-0.25, -0.2) is 0 Å². The lowest BCUT2D eigenvalue weighted by Gasteiger charge is -2.34. The van der Waals surface area contributed by atoms with Gasteiger partial charge in [0, 0.05) is 37.6 Å². The molecule has 0 unspecified atom stereocenters. The summed E-state index contributed by atoms with van der Waals surface area (Å²) in [5, 5.41) is 16.1. The standard InChI is InChI=1S/C27H30N4OS/c28-17-24-23-11-2-1-3-12-25(23)33-27(24)29-26(32)19-31-15-13-30(14-16-31)18-21-9-6-8-20-7-4-5-10-22(20)21/h4-10H,1-3,11-16,18-19H2,(H,29,32). The fourth-order valence-electron chi connectivity index (χ4n) is 5.10. The fraction of sp³-hybridized carbons (Fsp3) is 0.407. The highest BCUT2D eigenvalue weighted by Crippen LogP contribution is 2.37. The number of carbonyl (C=O) groups excluding carboxylic acids is 1. The normalized spacial score (nSPS) is 17.3. The van der Waals surface area contributed by atoms with Gasteiger partial charge < -0.3 is 5.32 Å². The summed E-state index contributed by atoms with van der Waals surface area (Å²) in [7, 11) is 0. The molecule has 5 nitrogen and oxygen atoms in total. The molecule has 1 saturated heterocycles. The van der Waals surface area contributed by atoms with E-state index < -0.39 is 0 Å². The first kappa shape index (κ1) is 22.1. The molecule has 0 spiro atoms. The van der Waals surface area contributed by atoms with Crippen LogP contribution in [0.4, 0.5) is 5.00 Å². The van der Waals surface area contributed by atoms with Crippen molar-refractivity contribution in [1.29, 1.82) is 5.26 Å². The lowest BCUT2D eigenvalue weighted by atomic mass is 10.0. The van der Waals surface area contributed by atoms with Crippen molar-refractivity contribution in [2.75, 3.05) is 38.0 Å². The van der Waals surface area contributed by atoms with E-state index in [0.717, 1.165) is 57.0 Å². The van der Waals surface area contributed by atoms with Crippen molar-refractivity contribution in [2.45, 2.75) is 38.6 Å². The quantitative estimate of drug-likeness (QED) is 0.558. The molecule has 5 rings (SSSR count). The molecule has 0 radical (unpaired) electrons. The van der Waals surface area contributed by atoms with Crippen LogP contribution in [0.25, 0.3) is 10.8 Å². The second kappa shape index (κ2) is 10.0. The number of hydrogen-bond acceptors (Lipinski definition) is 5. The Balaban J connectivity index is 1.16. The average molecular weight is 459 g/mol. The number of benzene rings is 2. The summed E-state index contributed by atoms with van der Waals surface area (Å²) in [5.74, 6) is -0.00888. The summed E-state index contributed by atoms with van der Waals surface area (Å²) in [5.41, 5.74) is 3.24. The summed E-state index contributed by atoms with van der Waals surface area (Å²) >= 11 is 1.61. The molecule has 1 fully saturated rings. The molecule has 0 atom stereocenters. The second-order valence-corrected chi connectivity index (χ2v) is 10.2. The topological polar surface area (TPSA) is 59.4 Å². The summed E-state index contributed by atoms with van der Waals surface area (Å²) < 4.78 is 0. The summed E-state index contributed by atoms with van der Waals surface area (Å²) in [6, 6.07) is 17.4. The van der Waals surface area contributed by atoms with Gasteiger partial charge in [-0.15, -0.1) is 11.3 Å². The largest absolute Gasteiger partial charge is 0.315 e. The van der Waals surface area contributed by atoms with Crippen molar-refractivity contribution in [1.82, 2.24) is 9.80 Å². The number of fused-ring (bicyclic) bond motifs is 2. The molecule has 0 saturated carbocycles. The minimum atomic E-state index is -0.00888. The van der Waals surface area contributed by atoms with Crippen LogP contribution in [0.5, 0.6) is 0 Å². The SMILES string of the molecule is N#Cc1c(NC(=O)CN2CCN(Cc3cccc4ccccc34)CC2)sc2c1CCCCC2. The molecule has 0 bridgehead atoms. The molecular weight excluding hydrogens is 428 g/mol. The molecule has 170 valence electrons. The van der Waals surface area contributed by atoms with E-state index in [0.29, 0.717) is 12.1 Å². The van der Waals surface area contributed by atoms with Gasteiger partial charge in [-0.05, 0) is 47.6 Å². The summed E-state index contributed by atoms with van der Waals surface area (Å²) in [4.78, 5) is 18.8. The number of nitriles is 1. The van der Waals surface area contributed by atoms with Gasteiger partial charge in [-0.2, -0.15) is 5.26 Å². The van der Waals surface area contributed by atoms with E-state index in [-0.39, 0.29) is 5.91 Å². The molecule has 2 aromatic carbocycles. The lowest BCUT2D eigenvalue weighted by molar-refractivity contribution is -0.117. The van der Waals surface area contributed by atoms with E-state index >= 15 is 0 Å². The third-order valence-corrected chi connectivity index (χ3v) is 8.10. The van der Waals surface area contributed by atoms with Crippen LogP contribution in [0.3, 0.4) is 0 Å². The number of thiophene rings is 1. The van der Waals surface area contributed by atoms with Crippen LogP contribution in [0.15, 0.2) is 42.5 Å². The van der Waals surface area contributed by atoms with Crippen LogP contribution in [0, 0.1) is 11.3 Å². The second-order valence-electron chi connectivity index (χ2n) is 9.12. The molecule has 3 aromatic rings. The van der Waals surface area contributed by atoms with Crippen LogP contribution >= 0.6 is 11.3 Å². The smallest absolute Gasteiger partial charge is 0.239 e. The number of piperazine rings is 1. The van der Waals surface area contributed by atoms with Gasteiger partial charge in [0.15, 0.2) is 0 Å². The Hall–Kier alpha value is -2.72. The molecule has 1 N–H and O–H groups in total. The lowest BCUT2D eigenvalue weighted by Crippen LogP contribution is -2.48. The van der Waals surface area contributed by atoms with Crippen molar-refractivity contribution in [3.05, 3.63) is 64.0 Å². The maximum atomic E-state index is 12.8. The zero-order valence-electron chi connectivity index (χ0n) is 19.0. The molecule has 2 heterocycles. The molecule has 33 heavy (non-hydrogen) atoms. The maximum Gasteiger partial charge on any atom is 0.239 e. The third-order valence-electron chi connectivity index (χ3n) is 6.89. The number of rotatable bonds is 5. The number of carbonyl (C=O) groups is 1. The van der Waals surface area contributed by atoms with E-state index in [4.69, 9.17) is 0 Å². The highest BCUT2D eigenvalue weighted by atomic mass is 32.1. The van der Waals surface area contributed by atoms with Crippen molar-refractivity contribution in [2.24, 2.45) is 0 Å². The molecule has 1 aliphatic heterocycles. The van der Waals surface area contributed by atoms with Crippen LogP contribution in [-0.2, 0) is 24.2 Å². The van der Waals surface area contributed by atoms with E-state index in [1.165, 1.54) is 39.6 Å². The Bertz CT molecular complexity index is 1180. The predicted molar refractivity (Wildman–Crippen MR) is 135 cm³/mol. The molecule has 1 aromatic heterocycles. The minimum absolute atomic E-state index is 0.00888. The number of nitrogens with one attached hydrogen (secondary N) is 1. The van der Waals surface area contributed by atoms with Gasteiger partial charge in [0.25, 0.3) is 0 Å². The van der Waals surface area contributed by atoms with E-state index in [1.54, 1.807) is 11.3 Å². The van der Waals surface area contributed by atoms with Crippen molar-refractivity contribution in [3.8, 4) is 6.07 Å². The summed E-state index contributed by atoms with van der Waals surface area (Å²) in [6.45, 7) is 4.98. The van der Waals surface area contributed by atoms with Crippen LogP contribution in [0.1, 0.15) is 40.8 Å². The zero-order valence-corrected chi connectivity index (χ0v) is 19.8. The van der Waals surface area contributed by atoms with Crippen molar-refractivity contribution >= 4 is 33.0 Å². The number of amides is 1. The van der Waals surface area contributed by atoms with Gasteiger partial charge in [0.05, 0.1) is 12.1 Å². The third kappa shape index (κ3) is 4.96. The first-order valence-electron chi connectivity index (χ1n) is 12.0. The number of hydrogen-bond donors (Lipinski definition) is 1. The first-order valence-corrected chi connectivity index (χ1v) is 12.8.